The molecular weight excluding hydrogens is 307 g/mol. The van der Waals surface area contributed by atoms with Crippen LogP contribution in [0, 0.1) is 0 Å². The highest BCUT2D eigenvalue weighted by atomic mass is 32.2. The predicted octanol–water partition coefficient (Wildman–Crippen LogP) is 1.93. The Bertz CT molecular complexity index is 567. The second-order valence-electron chi connectivity index (χ2n) is 4.76. The number of alkyl halides is 3. The predicted molar refractivity (Wildman–Crippen MR) is 73.1 cm³/mol. The molecule has 0 radical (unpaired) electrons. The second kappa shape index (κ2) is 6.80. The lowest BCUT2D eigenvalue weighted by Crippen LogP contribution is -2.30. The highest BCUT2D eigenvalue weighted by Gasteiger charge is 2.31. The van der Waals surface area contributed by atoms with E-state index in [2.05, 4.69) is 0 Å². The van der Waals surface area contributed by atoms with Gasteiger partial charge in [-0.15, -0.1) is 0 Å². The van der Waals surface area contributed by atoms with Crippen LogP contribution in [-0.4, -0.2) is 37.1 Å². The van der Waals surface area contributed by atoms with E-state index < -0.39 is 29.2 Å². The summed E-state index contributed by atoms with van der Waals surface area (Å²) >= 11 is 0. The van der Waals surface area contributed by atoms with Crippen molar-refractivity contribution in [2.45, 2.75) is 43.9 Å². The van der Waals surface area contributed by atoms with E-state index in [1.807, 2.05) is 6.92 Å². The van der Waals surface area contributed by atoms with Crippen molar-refractivity contribution in [1.29, 1.82) is 0 Å². The van der Waals surface area contributed by atoms with Crippen LogP contribution < -0.4 is 5.73 Å². The van der Waals surface area contributed by atoms with Crippen molar-refractivity contribution in [2.75, 3.05) is 13.6 Å². The van der Waals surface area contributed by atoms with Gasteiger partial charge >= 0.3 is 6.18 Å². The lowest BCUT2D eigenvalue weighted by Gasteiger charge is -2.17. The molecule has 1 aromatic heterocycles. The van der Waals surface area contributed by atoms with Gasteiger partial charge in [0, 0.05) is 38.6 Å². The quantitative estimate of drug-likeness (QED) is 0.832. The maximum absolute atomic E-state index is 12.2. The highest BCUT2D eigenvalue weighted by Crippen LogP contribution is 2.23. The molecule has 0 aromatic carbocycles. The van der Waals surface area contributed by atoms with E-state index in [-0.39, 0.29) is 11.4 Å². The molecule has 0 aliphatic rings. The van der Waals surface area contributed by atoms with Crippen LogP contribution in [-0.2, 0) is 23.1 Å². The molecule has 21 heavy (non-hydrogen) atoms. The van der Waals surface area contributed by atoms with Crippen molar-refractivity contribution >= 4 is 10.0 Å². The van der Waals surface area contributed by atoms with Crippen molar-refractivity contribution in [1.82, 2.24) is 8.87 Å². The molecule has 0 amide bonds. The number of nitrogens with zero attached hydrogens (tertiary/aromatic N) is 2. The molecule has 0 fully saturated rings. The van der Waals surface area contributed by atoms with Gasteiger partial charge in [-0.25, -0.2) is 12.7 Å². The molecule has 0 bridgehead atoms. The van der Waals surface area contributed by atoms with Crippen molar-refractivity contribution < 1.29 is 21.6 Å². The molecule has 2 N–H and O–H groups in total. The van der Waals surface area contributed by atoms with Crippen LogP contribution in [0.15, 0.2) is 17.2 Å². The van der Waals surface area contributed by atoms with Crippen LogP contribution >= 0.6 is 0 Å². The summed E-state index contributed by atoms with van der Waals surface area (Å²) in [4.78, 5) is -0.0268. The van der Waals surface area contributed by atoms with Gasteiger partial charge in [-0.3, -0.25) is 0 Å². The molecule has 0 aliphatic heterocycles. The average molecular weight is 327 g/mol. The van der Waals surface area contributed by atoms with Gasteiger partial charge in [0.2, 0.25) is 10.0 Å². The maximum atomic E-state index is 12.2. The normalized spacial score (nSPS) is 13.1. The number of halogens is 3. The molecule has 0 saturated carbocycles. The van der Waals surface area contributed by atoms with Crippen molar-refractivity contribution in [2.24, 2.45) is 5.73 Å². The smallest absolute Gasteiger partial charge is 0.349 e. The Morgan fingerprint density at radius 2 is 2.00 bits per heavy atom. The Labute approximate surface area is 122 Å². The van der Waals surface area contributed by atoms with Gasteiger partial charge in [0.25, 0.3) is 0 Å². The number of hydrogen-bond donors (Lipinski definition) is 1. The molecule has 1 rings (SSSR count). The first-order valence-electron chi connectivity index (χ1n) is 6.54. The zero-order valence-corrected chi connectivity index (χ0v) is 12.8. The molecule has 9 heteroatoms. The number of aromatic nitrogens is 1. The summed E-state index contributed by atoms with van der Waals surface area (Å²) in [6.07, 6.45) is -3.35. The lowest BCUT2D eigenvalue weighted by molar-refractivity contribution is -0.135. The fourth-order valence-corrected chi connectivity index (χ4v) is 3.11. The highest BCUT2D eigenvalue weighted by molar-refractivity contribution is 7.89. The topological polar surface area (TPSA) is 68.3 Å². The van der Waals surface area contributed by atoms with Crippen molar-refractivity contribution in [3.05, 3.63) is 18.0 Å². The molecule has 0 aliphatic carbocycles. The van der Waals surface area contributed by atoms with E-state index in [0.29, 0.717) is 16.5 Å². The van der Waals surface area contributed by atoms with Gasteiger partial charge in [-0.2, -0.15) is 13.2 Å². The van der Waals surface area contributed by atoms with Crippen molar-refractivity contribution in [3.8, 4) is 0 Å². The monoisotopic (exact) mass is 327 g/mol. The molecule has 0 saturated heterocycles. The summed E-state index contributed by atoms with van der Waals surface area (Å²) in [6.45, 7) is 2.10. The third-order valence-corrected chi connectivity index (χ3v) is 4.88. The number of nitrogens with two attached hydrogens (primary N) is 1. The molecule has 0 spiro atoms. The summed E-state index contributed by atoms with van der Waals surface area (Å²) in [5, 5.41) is 0. The van der Waals surface area contributed by atoms with Crippen LogP contribution in [0.2, 0.25) is 0 Å². The molecule has 0 atom stereocenters. The number of rotatable bonds is 7. The van der Waals surface area contributed by atoms with Gasteiger partial charge in [0.05, 0.1) is 6.42 Å². The second-order valence-corrected chi connectivity index (χ2v) is 6.80. The van der Waals surface area contributed by atoms with Crippen LogP contribution in [0.1, 0.15) is 25.5 Å². The number of aryl methyl sites for hydroxylation is 1. The molecule has 1 aromatic rings. The first-order valence-corrected chi connectivity index (χ1v) is 7.98. The van der Waals surface area contributed by atoms with E-state index in [1.54, 1.807) is 4.57 Å². The van der Waals surface area contributed by atoms with E-state index in [1.165, 1.54) is 12.3 Å². The van der Waals surface area contributed by atoms with Crippen LogP contribution in [0.4, 0.5) is 13.2 Å². The van der Waals surface area contributed by atoms with E-state index in [4.69, 9.17) is 5.73 Å². The zero-order chi connectivity index (χ0) is 16.3. The molecule has 0 unspecified atom stereocenters. The van der Waals surface area contributed by atoms with Gasteiger partial charge in [-0.05, 0) is 12.5 Å². The Kier molecular flexibility index (Phi) is 5.83. The third kappa shape index (κ3) is 4.72. The molecule has 122 valence electrons. The Hall–Kier alpha value is -1.06. The van der Waals surface area contributed by atoms with Crippen LogP contribution in [0.25, 0.3) is 0 Å². The SMILES string of the molecule is CCCn1cc(S(=O)(=O)N(C)CCC(F)(F)F)cc1CN. The zero-order valence-electron chi connectivity index (χ0n) is 12.0. The summed E-state index contributed by atoms with van der Waals surface area (Å²) in [5.74, 6) is 0. The van der Waals surface area contributed by atoms with Crippen LogP contribution in [0.5, 0.6) is 0 Å². The standard InChI is InChI=1S/C12H20F3N3O2S/c1-3-5-18-9-11(7-10(18)8-16)21(19,20)17(2)6-4-12(13,14)15/h7,9H,3-6,8,16H2,1-2H3. The lowest BCUT2D eigenvalue weighted by atomic mass is 10.4. The average Bonchev–Trinajstić information content (AvgIpc) is 2.79. The summed E-state index contributed by atoms with van der Waals surface area (Å²) < 4.78 is 63.5. The first-order chi connectivity index (χ1) is 9.61. The largest absolute Gasteiger partial charge is 0.390 e. The molecule has 5 nitrogen and oxygen atoms in total. The molecule has 1 heterocycles. The van der Waals surface area contributed by atoms with E-state index >= 15 is 0 Å². The van der Waals surface area contributed by atoms with Gasteiger partial charge < -0.3 is 10.3 Å². The maximum Gasteiger partial charge on any atom is 0.390 e. The fourth-order valence-electron chi connectivity index (χ4n) is 1.87. The summed E-state index contributed by atoms with van der Waals surface area (Å²) in [6, 6.07) is 1.41. The first kappa shape index (κ1) is 18.0. The van der Waals surface area contributed by atoms with Crippen molar-refractivity contribution in [3.63, 3.8) is 0 Å². The van der Waals surface area contributed by atoms with E-state index in [9.17, 15) is 21.6 Å². The third-order valence-electron chi connectivity index (χ3n) is 3.05. The van der Waals surface area contributed by atoms with Gasteiger partial charge in [-0.1, -0.05) is 6.92 Å². The minimum atomic E-state index is -4.39. The van der Waals surface area contributed by atoms with E-state index in [0.717, 1.165) is 13.5 Å². The molecular formula is C12H20F3N3O2S. The number of sulfonamides is 1. The summed E-state index contributed by atoms with van der Waals surface area (Å²) in [5.41, 5.74) is 6.19. The minimum absolute atomic E-state index is 0.0268. The minimum Gasteiger partial charge on any atom is -0.349 e. The van der Waals surface area contributed by atoms with Gasteiger partial charge in [0.15, 0.2) is 0 Å². The number of hydrogen-bond acceptors (Lipinski definition) is 3. The Morgan fingerprint density at radius 3 is 2.48 bits per heavy atom. The Morgan fingerprint density at radius 1 is 1.38 bits per heavy atom. The van der Waals surface area contributed by atoms with Crippen LogP contribution in [0.3, 0.4) is 0 Å². The Balaban J connectivity index is 2.96. The summed E-state index contributed by atoms with van der Waals surface area (Å²) in [7, 11) is -2.80. The van der Waals surface area contributed by atoms with Gasteiger partial charge in [0.1, 0.15) is 4.90 Å². The fraction of sp³-hybridized carbons (Fsp3) is 0.667.